The largest absolute Gasteiger partial charge is 0.496 e. The minimum absolute atomic E-state index is 0.191. The highest BCUT2D eigenvalue weighted by molar-refractivity contribution is 5.78. The zero-order chi connectivity index (χ0) is 14.7. The number of likely N-dealkylation sites (tertiary alicyclic amines) is 1. The summed E-state index contributed by atoms with van der Waals surface area (Å²) in [6, 6.07) is 0. The molecule has 0 saturated carbocycles. The first-order chi connectivity index (χ1) is 9.52. The number of rotatable bonds is 4. The molecule has 0 spiro atoms. The van der Waals surface area contributed by atoms with Crippen LogP contribution in [0, 0.1) is 19.8 Å². The molecule has 1 aromatic rings. The van der Waals surface area contributed by atoms with Crippen LogP contribution in [0.25, 0.3) is 0 Å². The molecule has 1 saturated heterocycles. The topological polar surface area (TPSA) is 42.4 Å². The van der Waals surface area contributed by atoms with Crippen LogP contribution < -0.4 is 4.74 Å². The summed E-state index contributed by atoms with van der Waals surface area (Å²) in [5.41, 5.74) is 3.23. The quantitative estimate of drug-likeness (QED) is 0.847. The summed E-state index contributed by atoms with van der Waals surface area (Å²) >= 11 is 0. The Labute approximate surface area is 121 Å². The van der Waals surface area contributed by atoms with Crippen LogP contribution in [-0.2, 0) is 11.3 Å². The minimum atomic E-state index is 0.191. The van der Waals surface area contributed by atoms with Gasteiger partial charge in [0.15, 0.2) is 0 Å². The zero-order valence-electron chi connectivity index (χ0n) is 12.9. The van der Waals surface area contributed by atoms with Gasteiger partial charge in [-0.3, -0.25) is 14.7 Å². The van der Waals surface area contributed by atoms with E-state index in [9.17, 15) is 4.79 Å². The first-order valence-electron chi connectivity index (χ1n) is 7.24. The van der Waals surface area contributed by atoms with Crippen LogP contribution in [0.1, 0.15) is 36.6 Å². The van der Waals surface area contributed by atoms with Crippen molar-refractivity contribution in [3.8, 4) is 5.75 Å². The van der Waals surface area contributed by atoms with Crippen LogP contribution in [0.4, 0.5) is 0 Å². The Balaban J connectivity index is 2.12. The van der Waals surface area contributed by atoms with Crippen LogP contribution in [0.2, 0.25) is 0 Å². The van der Waals surface area contributed by atoms with Crippen molar-refractivity contribution < 1.29 is 9.53 Å². The van der Waals surface area contributed by atoms with E-state index in [-0.39, 0.29) is 5.92 Å². The van der Waals surface area contributed by atoms with Crippen molar-refractivity contribution in [2.75, 3.05) is 20.2 Å². The van der Waals surface area contributed by atoms with Crippen molar-refractivity contribution in [3.05, 3.63) is 23.0 Å². The van der Waals surface area contributed by atoms with Gasteiger partial charge in [0.2, 0.25) is 0 Å². The van der Waals surface area contributed by atoms with Gasteiger partial charge < -0.3 is 4.74 Å². The number of piperidine rings is 1. The molecule has 0 amide bonds. The van der Waals surface area contributed by atoms with Crippen LogP contribution in [-0.4, -0.2) is 35.9 Å². The molecule has 0 bridgehead atoms. The second kappa shape index (κ2) is 6.35. The van der Waals surface area contributed by atoms with Crippen molar-refractivity contribution in [1.82, 2.24) is 9.88 Å². The van der Waals surface area contributed by atoms with Crippen LogP contribution >= 0.6 is 0 Å². The summed E-state index contributed by atoms with van der Waals surface area (Å²) in [7, 11) is 1.70. The lowest BCUT2D eigenvalue weighted by molar-refractivity contribution is -0.122. The van der Waals surface area contributed by atoms with Crippen molar-refractivity contribution in [2.45, 2.75) is 40.2 Å². The van der Waals surface area contributed by atoms with Gasteiger partial charge in [0.1, 0.15) is 11.5 Å². The fourth-order valence-corrected chi connectivity index (χ4v) is 2.97. The SMILES string of the molecule is COc1c(C)cnc(CN2CCCC(C(C)=O)C2)c1C. The van der Waals surface area contributed by atoms with Gasteiger partial charge in [-0.1, -0.05) is 0 Å². The number of ketones is 1. The molecular formula is C16H24N2O2. The van der Waals surface area contributed by atoms with Gasteiger partial charge in [0.05, 0.1) is 12.8 Å². The van der Waals surface area contributed by atoms with E-state index in [4.69, 9.17) is 4.74 Å². The highest BCUT2D eigenvalue weighted by Gasteiger charge is 2.24. The second-order valence-electron chi connectivity index (χ2n) is 5.73. The minimum Gasteiger partial charge on any atom is -0.496 e. The van der Waals surface area contributed by atoms with E-state index in [1.54, 1.807) is 14.0 Å². The number of carbonyl (C=O) groups excluding carboxylic acids is 1. The Morgan fingerprint density at radius 1 is 1.50 bits per heavy atom. The summed E-state index contributed by atoms with van der Waals surface area (Å²) < 4.78 is 5.45. The highest BCUT2D eigenvalue weighted by atomic mass is 16.5. The molecular weight excluding hydrogens is 252 g/mol. The van der Waals surface area contributed by atoms with Gasteiger partial charge in [0, 0.05) is 36.3 Å². The number of Topliss-reactive ketones (excluding diaryl/α,β-unsaturated/α-hetero) is 1. The van der Waals surface area contributed by atoms with Crippen LogP contribution in [0.3, 0.4) is 0 Å². The van der Waals surface area contributed by atoms with Gasteiger partial charge in [0.25, 0.3) is 0 Å². The molecule has 2 rings (SSSR count). The Morgan fingerprint density at radius 3 is 2.90 bits per heavy atom. The van der Waals surface area contributed by atoms with Gasteiger partial charge >= 0.3 is 0 Å². The summed E-state index contributed by atoms with van der Waals surface area (Å²) in [5.74, 6) is 1.42. The maximum atomic E-state index is 11.5. The van der Waals surface area contributed by atoms with E-state index in [1.807, 2.05) is 13.1 Å². The van der Waals surface area contributed by atoms with E-state index in [0.29, 0.717) is 5.78 Å². The molecule has 0 radical (unpaired) electrons. The van der Waals surface area contributed by atoms with Crippen LogP contribution in [0.15, 0.2) is 6.20 Å². The number of aryl methyl sites for hydroxylation is 1. The van der Waals surface area contributed by atoms with Gasteiger partial charge in [-0.15, -0.1) is 0 Å². The van der Waals surface area contributed by atoms with E-state index in [2.05, 4.69) is 16.8 Å². The number of pyridine rings is 1. The van der Waals surface area contributed by atoms with E-state index >= 15 is 0 Å². The summed E-state index contributed by atoms with van der Waals surface area (Å²) in [6.07, 6.45) is 3.98. The maximum Gasteiger partial charge on any atom is 0.134 e. The predicted octanol–water partition coefficient (Wildman–Crippen LogP) is 2.51. The Hall–Kier alpha value is -1.42. The Bertz CT molecular complexity index is 499. The lowest BCUT2D eigenvalue weighted by atomic mass is 9.94. The van der Waals surface area contributed by atoms with Crippen LogP contribution in [0.5, 0.6) is 5.75 Å². The average Bonchev–Trinajstić information content (AvgIpc) is 2.43. The highest BCUT2D eigenvalue weighted by Crippen LogP contribution is 2.26. The van der Waals surface area contributed by atoms with E-state index < -0.39 is 0 Å². The van der Waals surface area contributed by atoms with Gasteiger partial charge in [-0.05, 0) is 40.2 Å². The summed E-state index contributed by atoms with van der Waals surface area (Å²) in [4.78, 5) is 18.4. The first kappa shape index (κ1) is 15.0. The normalized spacial score (nSPS) is 19.9. The molecule has 4 heteroatoms. The van der Waals surface area contributed by atoms with Crippen molar-refractivity contribution in [3.63, 3.8) is 0 Å². The molecule has 4 nitrogen and oxygen atoms in total. The third-order valence-electron chi connectivity index (χ3n) is 4.20. The number of carbonyl (C=O) groups is 1. The molecule has 20 heavy (non-hydrogen) atoms. The fourth-order valence-electron chi connectivity index (χ4n) is 2.97. The van der Waals surface area contributed by atoms with Gasteiger partial charge in [-0.25, -0.2) is 0 Å². The monoisotopic (exact) mass is 276 g/mol. The molecule has 0 aliphatic carbocycles. The lowest BCUT2D eigenvalue weighted by Crippen LogP contribution is -2.37. The number of aromatic nitrogens is 1. The molecule has 2 heterocycles. The van der Waals surface area contributed by atoms with Crippen molar-refractivity contribution in [2.24, 2.45) is 5.92 Å². The molecule has 1 aliphatic heterocycles. The molecule has 1 aliphatic rings. The number of hydrogen-bond donors (Lipinski definition) is 0. The van der Waals surface area contributed by atoms with E-state index in [0.717, 1.165) is 55.0 Å². The molecule has 1 aromatic heterocycles. The predicted molar refractivity (Wildman–Crippen MR) is 78.9 cm³/mol. The number of nitrogens with zero attached hydrogens (tertiary/aromatic N) is 2. The third kappa shape index (κ3) is 3.18. The second-order valence-corrected chi connectivity index (χ2v) is 5.73. The number of methoxy groups -OCH3 is 1. The number of hydrogen-bond acceptors (Lipinski definition) is 4. The van der Waals surface area contributed by atoms with Crippen molar-refractivity contribution >= 4 is 5.78 Å². The van der Waals surface area contributed by atoms with Crippen molar-refractivity contribution in [1.29, 1.82) is 0 Å². The lowest BCUT2D eigenvalue weighted by Gasteiger charge is -2.31. The summed E-state index contributed by atoms with van der Waals surface area (Å²) in [6.45, 7) is 8.46. The smallest absolute Gasteiger partial charge is 0.134 e. The zero-order valence-corrected chi connectivity index (χ0v) is 12.9. The Kier molecular flexibility index (Phi) is 4.76. The molecule has 1 unspecified atom stereocenters. The Morgan fingerprint density at radius 2 is 2.25 bits per heavy atom. The van der Waals surface area contributed by atoms with E-state index in [1.165, 1.54) is 0 Å². The molecule has 1 fully saturated rings. The maximum absolute atomic E-state index is 11.5. The summed E-state index contributed by atoms with van der Waals surface area (Å²) in [5, 5.41) is 0. The number of ether oxygens (including phenoxy) is 1. The molecule has 1 atom stereocenters. The fraction of sp³-hybridized carbons (Fsp3) is 0.625. The molecule has 0 N–H and O–H groups in total. The average molecular weight is 276 g/mol. The molecule has 110 valence electrons. The standard InChI is InChI=1S/C16H24N2O2/c1-11-8-17-15(12(2)16(11)20-4)10-18-7-5-6-14(9-18)13(3)19/h8,14H,5-7,9-10H2,1-4H3. The first-order valence-corrected chi connectivity index (χ1v) is 7.24. The third-order valence-corrected chi connectivity index (χ3v) is 4.20. The molecule has 0 aromatic carbocycles. The van der Waals surface area contributed by atoms with Gasteiger partial charge in [-0.2, -0.15) is 0 Å².